The van der Waals surface area contributed by atoms with Crippen LogP contribution in [0.5, 0.6) is 5.75 Å². The fourth-order valence-electron chi connectivity index (χ4n) is 5.52. The van der Waals surface area contributed by atoms with Crippen LogP contribution in [-0.2, 0) is 16.0 Å². The smallest absolute Gasteiger partial charge is 0.230 e. The summed E-state index contributed by atoms with van der Waals surface area (Å²) in [5.74, 6) is 2.61. The number of nitrogens with one attached hydrogen (secondary N) is 1. The van der Waals surface area contributed by atoms with Crippen LogP contribution in [-0.4, -0.2) is 65.9 Å². The SMILES string of the molecule is Cl.O=C1Cc2cc3cc(OCCCCC(=O)N4CCN(CC5CCCCC5)CC4)ccc3nc2N1. The Morgan fingerprint density at radius 1 is 1.06 bits per heavy atom. The molecule has 0 radical (unpaired) electrons. The highest BCUT2D eigenvalue weighted by Crippen LogP contribution is 2.28. The number of fused-ring (bicyclic) bond motifs is 2. The molecular formula is C27H37ClN4O3. The van der Waals surface area contributed by atoms with Gasteiger partial charge in [-0.2, -0.15) is 0 Å². The Labute approximate surface area is 214 Å². The second kappa shape index (κ2) is 12.0. The Morgan fingerprint density at radius 2 is 1.86 bits per heavy atom. The van der Waals surface area contributed by atoms with Gasteiger partial charge in [0.15, 0.2) is 0 Å². The van der Waals surface area contributed by atoms with Gasteiger partial charge in [0.2, 0.25) is 11.8 Å². The van der Waals surface area contributed by atoms with E-state index < -0.39 is 0 Å². The summed E-state index contributed by atoms with van der Waals surface area (Å²) in [4.78, 5) is 33.3. The van der Waals surface area contributed by atoms with Crippen molar-refractivity contribution in [2.75, 3.05) is 44.6 Å². The van der Waals surface area contributed by atoms with Crippen molar-refractivity contribution in [3.05, 3.63) is 29.8 Å². The lowest BCUT2D eigenvalue weighted by Gasteiger charge is -2.37. The number of hydrogen-bond acceptors (Lipinski definition) is 5. The van der Waals surface area contributed by atoms with Crippen molar-refractivity contribution in [1.82, 2.24) is 14.8 Å². The molecular weight excluding hydrogens is 464 g/mol. The van der Waals surface area contributed by atoms with Crippen molar-refractivity contribution in [2.45, 2.75) is 57.8 Å². The fourth-order valence-corrected chi connectivity index (χ4v) is 5.52. The van der Waals surface area contributed by atoms with Crippen LogP contribution in [0.2, 0.25) is 0 Å². The van der Waals surface area contributed by atoms with Crippen molar-refractivity contribution in [3.8, 4) is 5.75 Å². The van der Waals surface area contributed by atoms with E-state index in [9.17, 15) is 9.59 Å². The molecule has 2 amide bonds. The molecule has 2 aliphatic heterocycles. The van der Waals surface area contributed by atoms with Gasteiger partial charge in [-0.25, -0.2) is 4.98 Å². The van der Waals surface area contributed by atoms with Crippen molar-refractivity contribution in [2.24, 2.45) is 5.92 Å². The molecule has 1 aliphatic carbocycles. The van der Waals surface area contributed by atoms with E-state index >= 15 is 0 Å². The largest absolute Gasteiger partial charge is 0.494 e. The Hall–Kier alpha value is -2.38. The van der Waals surface area contributed by atoms with Crippen LogP contribution in [0.25, 0.3) is 10.9 Å². The Bertz CT molecular complexity index is 1030. The van der Waals surface area contributed by atoms with Gasteiger partial charge in [0, 0.05) is 50.1 Å². The summed E-state index contributed by atoms with van der Waals surface area (Å²) in [6.07, 6.45) is 9.65. The maximum atomic E-state index is 12.6. The predicted molar refractivity (Wildman–Crippen MR) is 140 cm³/mol. The van der Waals surface area contributed by atoms with Gasteiger partial charge in [-0.3, -0.25) is 14.5 Å². The Balaban J connectivity index is 0.00000289. The zero-order valence-corrected chi connectivity index (χ0v) is 21.3. The average Bonchev–Trinajstić information content (AvgIpc) is 3.22. The third kappa shape index (κ3) is 6.64. The number of benzene rings is 1. The first-order chi connectivity index (χ1) is 16.6. The molecule has 2 fully saturated rings. The topological polar surface area (TPSA) is 74.8 Å². The van der Waals surface area contributed by atoms with Crippen LogP contribution in [0.3, 0.4) is 0 Å². The number of halogens is 1. The van der Waals surface area contributed by atoms with Crippen LogP contribution in [0.4, 0.5) is 5.82 Å². The molecule has 7 nitrogen and oxygen atoms in total. The van der Waals surface area contributed by atoms with E-state index in [2.05, 4.69) is 15.2 Å². The first-order valence-corrected chi connectivity index (χ1v) is 13.0. The second-order valence-electron chi connectivity index (χ2n) is 10.1. The van der Waals surface area contributed by atoms with E-state index in [1.807, 2.05) is 29.2 Å². The molecule has 35 heavy (non-hydrogen) atoms. The molecule has 0 spiro atoms. The van der Waals surface area contributed by atoms with Crippen LogP contribution >= 0.6 is 12.4 Å². The van der Waals surface area contributed by atoms with Crippen molar-refractivity contribution >= 4 is 40.9 Å². The number of unbranched alkanes of at least 4 members (excludes halogenated alkanes) is 1. The molecule has 1 aromatic heterocycles. The number of aromatic nitrogens is 1. The minimum absolute atomic E-state index is 0. The first-order valence-electron chi connectivity index (χ1n) is 13.0. The molecule has 0 bridgehead atoms. The molecule has 190 valence electrons. The first kappa shape index (κ1) is 25.7. The summed E-state index contributed by atoms with van der Waals surface area (Å²) in [6.45, 7) is 5.61. The summed E-state index contributed by atoms with van der Waals surface area (Å²) in [6, 6.07) is 7.82. The number of carbonyl (C=O) groups excluding carboxylic acids is 2. The summed E-state index contributed by atoms with van der Waals surface area (Å²) in [5, 5.41) is 3.77. The highest BCUT2D eigenvalue weighted by Gasteiger charge is 2.24. The molecule has 1 saturated carbocycles. The fraction of sp³-hybridized carbons (Fsp3) is 0.593. The number of carbonyl (C=O) groups is 2. The van der Waals surface area contributed by atoms with Crippen molar-refractivity contribution < 1.29 is 14.3 Å². The highest BCUT2D eigenvalue weighted by atomic mass is 35.5. The standard InChI is InChI=1S/C27H36N4O3.ClH/c32-25-18-22-16-21-17-23(9-10-24(21)28-27(22)29-25)34-15-5-4-8-26(33)31-13-11-30(12-14-31)19-20-6-2-1-3-7-20;/h9-10,16-17,20H,1-8,11-15,18-19H2,(H,28,29,32);1H. The lowest BCUT2D eigenvalue weighted by molar-refractivity contribution is -0.133. The Morgan fingerprint density at radius 3 is 2.66 bits per heavy atom. The molecule has 1 saturated heterocycles. The molecule has 3 aliphatic rings. The lowest BCUT2D eigenvalue weighted by atomic mass is 9.89. The van der Waals surface area contributed by atoms with Gasteiger partial charge in [0.05, 0.1) is 18.5 Å². The van der Waals surface area contributed by atoms with E-state index in [4.69, 9.17) is 4.74 Å². The van der Waals surface area contributed by atoms with E-state index in [0.717, 1.165) is 67.2 Å². The molecule has 1 N–H and O–H groups in total. The lowest BCUT2D eigenvalue weighted by Crippen LogP contribution is -2.49. The summed E-state index contributed by atoms with van der Waals surface area (Å²) >= 11 is 0. The van der Waals surface area contributed by atoms with E-state index in [0.29, 0.717) is 25.3 Å². The van der Waals surface area contributed by atoms with E-state index in [1.165, 1.54) is 38.6 Å². The zero-order valence-electron chi connectivity index (χ0n) is 20.5. The van der Waals surface area contributed by atoms with Gasteiger partial charge in [-0.05, 0) is 55.9 Å². The molecule has 1 aromatic carbocycles. The number of amides is 2. The van der Waals surface area contributed by atoms with Gasteiger partial charge in [0.25, 0.3) is 0 Å². The van der Waals surface area contributed by atoms with E-state index in [-0.39, 0.29) is 24.2 Å². The normalized spacial score (nSPS) is 18.7. The monoisotopic (exact) mass is 500 g/mol. The molecule has 8 heteroatoms. The zero-order chi connectivity index (χ0) is 23.3. The highest BCUT2D eigenvalue weighted by molar-refractivity contribution is 6.00. The third-order valence-corrected chi connectivity index (χ3v) is 7.49. The number of pyridine rings is 1. The van der Waals surface area contributed by atoms with Gasteiger partial charge in [-0.15, -0.1) is 12.4 Å². The van der Waals surface area contributed by atoms with Gasteiger partial charge >= 0.3 is 0 Å². The molecule has 5 rings (SSSR count). The van der Waals surface area contributed by atoms with Crippen molar-refractivity contribution in [1.29, 1.82) is 0 Å². The predicted octanol–water partition coefficient (Wildman–Crippen LogP) is 4.42. The second-order valence-corrected chi connectivity index (χ2v) is 10.1. The number of piperazine rings is 1. The summed E-state index contributed by atoms with van der Waals surface area (Å²) in [7, 11) is 0. The third-order valence-electron chi connectivity index (χ3n) is 7.49. The van der Waals surface area contributed by atoms with Crippen LogP contribution < -0.4 is 10.1 Å². The maximum absolute atomic E-state index is 12.6. The van der Waals surface area contributed by atoms with Gasteiger partial charge < -0.3 is 15.0 Å². The van der Waals surface area contributed by atoms with Crippen LogP contribution in [0, 0.1) is 5.92 Å². The molecule has 3 heterocycles. The summed E-state index contributed by atoms with van der Waals surface area (Å²) in [5.41, 5.74) is 1.78. The number of hydrogen-bond donors (Lipinski definition) is 1. The Kier molecular flexibility index (Phi) is 8.84. The number of anilines is 1. The minimum Gasteiger partial charge on any atom is -0.494 e. The van der Waals surface area contributed by atoms with Crippen LogP contribution in [0.1, 0.15) is 56.9 Å². The maximum Gasteiger partial charge on any atom is 0.230 e. The summed E-state index contributed by atoms with van der Waals surface area (Å²) < 4.78 is 5.93. The number of ether oxygens (including phenoxy) is 1. The van der Waals surface area contributed by atoms with Gasteiger partial charge in [-0.1, -0.05) is 19.3 Å². The van der Waals surface area contributed by atoms with Gasteiger partial charge in [0.1, 0.15) is 11.6 Å². The molecule has 2 aromatic rings. The number of rotatable bonds is 8. The molecule has 0 unspecified atom stereocenters. The minimum atomic E-state index is -0.00912. The molecule has 0 atom stereocenters. The average molecular weight is 501 g/mol. The van der Waals surface area contributed by atoms with Crippen LogP contribution in [0.15, 0.2) is 24.3 Å². The quantitative estimate of drug-likeness (QED) is 0.543. The van der Waals surface area contributed by atoms with Crippen molar-refractivity contribution in [3.63, 3.8) is 0 Å². The van der Waals surface area contributed by atoms with E-state index in [1.54, 1.807) is 0 Å². The number of nitrogens with zero attached hydrogens (tertiary/aromatic N) is 3.